The van der Waals surface area contributed by atoms with Crippen molar-refractivity contribution in [3.05, 3.63) is 29.1 Å². The van der Waals surface area contributed by atoms with Gasteiger partial charge in [-0.15, -0.1) is 0 Å². The maximum absolute atomic E-state index is 13.7. The van der Waals surface area contributed by atoms with Crippen molar-refractivity contribution in [3.8, 4) is 0 Å². The lowest BCUT2D eigenvalue weighted by Crippen LogP contribution is -2.16. The van der Waals surface area contributed by atoms with Gasteiger partial charge < -0.3 is 10.7 Å². The molecule has 1 aliphatic carbocycles. The molecule has 1 fully saturated rings. The molecule has 0 saturated heterocycles. The molecule has 0 unspecified atom stereocenters. The Morgan fingerprint density at radius 1 is 1.37 bits per heavy atom. The molecule has 0 aliphatic heterocycles. The van der Waals surface area contributed by atoms with E-state index in [1.807, 2.05) is 13.8 Å². The highest BCUT2D eigenvalue weighted by Gasteiger charge is 2.30. The van der Waals surface area contributed by atoms with Crippen molar-refractivity contribution in [2.24, 2.45) is 5.92 Å². The number of hydrogen-bond donors (Lipinski definition) is 2. The van der Waals surface area contributed by atoms with Crippen LogP contribution in [0.15, 0.2) is 12.1 Å². The first-order chi connectivity index (χ1) is 8.99. The summed E-state index contributed by atoms with van der Waals surface area (Å²) in [4.78, 5) is 11.7. The third kappa shape index (κ3) is 3.88. The summed E-state index contributed by atoms with van der Waals surface area (Å²) in [7, 11) is 0. The molecule has 0 radical (unpaired) electrons. The summed E-state index contributed by atoms with van der Waals surface area (Å²) >= 11 is 0. The minimum atomic E-state index is -0.455. The van der Waals surface area contributed by atoms with Crippen LogP contribution in [0.2, 0.25) is 0 Å². The minimum Gasteiger partial charge on any atom is -0.325 e. The molecule has 1 aromatic rings. The van der Waals surface area contributed by atoms with Crippen LogP contribution in [0.5, 0.6) is 0 Å². The third-order valence-electron chi connectivity index (χ3n) is 2.82. The lowest BCUT2D eigenvalue weighted by atomic mass is 10.0. The number of halogens is 1. The van der Waals surface area contributed by atoms with Gasteiger partial charge in [0.2, 0.25) is 5.91 Å². The summed E-state index contributed by atoms with van der Waals surface area (Å²) in [5.41, 5.74) is 1.45. The number of amides is 1. The Kier molecular flexibility index (Phi) is 5.21. The Bertz CT molecular complexity index is 493. The second-order valence-corrected chi connectivity index (χ2v) is 4.56. The summed E-state index contributed by atoms with van der Waals surface area (Å²) < 4.78 is 13.7. The number of carbonyl (C=O) groups excluding carboxylic acids is 1. The lowest BCUT2D eigenvalue weighted by Gasteiger charge is -2.12. The number of hydrogen-bond acceptors (Lipinski definition) is 2. The lowest BCUT2D eigenvalue weighted by molar-refractivity contribution is -0.117. The molecule has 1 aromatic carbocycles. The molecule has 2 N–H and O–H groups in total. The van der Waals surface area contributed by atoms with Gasteiger partial charge >= 0.3 is 0 Å². The Balaban J connectivity index is 0.000000861. The first-order valence-corrected chi connectivity index (χ1v) is 6.65. The highest BCUT2D eigenvalue weighted by molar-refractivity contribution is 6.06. The normalized spacial score (nSPS) is 13.3. The number of nitrogens with one attached hydrogen (secondary N) is 2. The van der Waals surface area contributed by atoms with Crippen LogP contribution in [0.4, 0.5) is 10.1 Å². The molecule has 0 aromatic heterocycles. The van der Waals surface area contributed by atoms with Crippen molar-refractivity contribution in [3.63, 3.8) is 0 Å². The van der Waals surface area contributed by atoms with Crippen LogP contribution in [-0.2, 0) is 4.79 Å². The topological polar surface area (TPSA) is 53.0 Å². The number of aryl methyl sites for hydroxylation is 1. The average Bonchev–Trinajstić information content (AvgIpc) is 3.13. The molecular weight excluding hydrogens is 243 g/mol. The van der Waals surface area contributed by atoms with Gasteiger partial charge in [0.25, 0.3) is 0 Å². The van der Waals surface area contributed by atoms with Crippen LogP contribution in [0.1, 0.15) is 44.7 Å². The summed E-state index contributed by atoms with van der Waals surface area (Å²) in [6.07, 6.45) is 1.80. The van der Waals surface area contributed by atoms with E-state index >= 15 is 0 Å². The van der Waals surface area contributed by atoms with E-state index in [9.17, 15) is 9.18 Å². The molecule has 19 heavy (non-hydrogen) atoms. The molecule has 1 saturated carbocycles. The maximum atomic E-state index is 13.7. The van der Waals surface area contributed by atoms with Crippen LogP contribution < -0.4 is 5.32 Å². The molecule has 1 amide bonds. The van der Waals surface area contributed by atoms with Gasteiger partial charge in [-0.2, -0.15) is 0 Å². The van der Waals surface area contributed by atoms with Gasteiger partial charge in [-0.3, -0.25) is 4.79 Å². The van der Waals surface area contributed by atoms with E-state index in [2.05, 4.69) is 5.32 Å². The highest BCUT2D eigenvalue weighted by atomic mass is 19.1. The molecule has 1 aliphatic rings. The maximum Gasteiger partial charge on any atom is 0.227 e. The Morgan fingerprint density at radius 2 is 1.95 bits per heavy atom. The first-order valence-electron chi connectivity index (χ1n) is 6.65. The molecule has 3 nitrogen and oxygen atoms in total. The van der Waals surface area contributed by atoms with Crippen molar-refractivity contribution in [2.75, 3.05) is 5.32 Å². The van der Waals surface area contributed by atoms with E-state index in [0.717, 1.165) is 18.4 Å². The monoisotopic (exact) mass is 264 g/mol. The van der Waals surface area contributed by atoms with Crippen molar-refractivity contribution < 1.29 is 9.18 Å². The summed E-state index contributed by atoms with van der Waals surface area (Å²) in [5.74, 6) is -0.460. The number of anilines is 1. The van der Waals surface area contributed by atoms with E-state index < -0.39 is 5.82 Å². The second kappa shape index (κ2) is 6.45. The predicted molar refractivity (Wildman–Crippen MR) is 76.3 cm³/mol. The van der Waals surface area contributed by atoms with Gasteiger partial charge in [0.05, 0.1) is 11.3 Å². The van der Waals surface area contributed by atoms with Crippen molar-refractivity contribution in [2.45, 2.75) is 40.5 Å². The zero-order valence-corrected chi connectivity index (χ0v) is 11.9. The molecule has 104 valence electrons. The zero-order chi connectivity index (χ0) is 14.6. The van der Waals surface area contributed by atoms with Gasteiger partial charge in [-0.05, 0) is 44.4 Å². The van der Waals surface area contributed by atoms with Crippen LogP contribution in [-0.4, -0.2) is 11.6 Å². The Morgan fingerprint density at radius 3 is 2.42 bits per heavy atom. The van der Waals surface area contributed by atoms with Gasteiger partial charge in [-0.1, -0.05) is 13.8 Å². The SMILES string of the molecule is CC.CC(=N)c1c(F)cc(C)cc1NC(=O)C1CC1. The van der Waals surface area contributed by atoms with Gasteiger partial charge in [0.1, 0.15) is 5.82 Å². The fourth-order valence-electron chi connectivity index (χ4n) is 1.80. The number of benzene rings is 1. The molecule has 2 rings (SSSR count). The second-order valence-electron chi connectivity index (χ2n) is 4.56. The van der Waals surface area contributed by atoms with Crippen LogP contribution >= 0.6 is 0 Å². The van der Waals surface area contributed by atoms with E-state index in [4.69, 9.17) is 5.41 Å². The van der Waals surface area contributed by atoms with E-state index in [1.165, 1.54) is 13.0 Å². The smallest absolute Gasteiger partial charge is 0.227 e. The number of rotatable bonds is 3. The van der Waals surface area contributed by atoms with Crippen molar-refractivity contribution in [1.82, 2.24) is 0 Å². The standard InChI is InChI=1S/C13H15FN2O.C2H6/c1-7-5-10(14)12(8(2)15)11(6-7)16-13(17)9-3-4-9;1-2/h5-6,9,15H,3-4H2,1-2H3,(H,16,17);1-2H3. The van der Waals surface area contributed by atoms with Crippen LogP contribution in [0.25, 0.3) is 0 Å². The van der Waals surface area contributed by atoms with E-state index in [1.54, 1.807) is 13.0 Å². The van der Waals surface area contributed by atoms with E-state index in [0.29, 0.717) is 5.69 Å². The molecule has 0 spiro atoms. The van der Waals surface area contributed by atoms with Crippen LogP contribution in [0, 0.1) is 24.1 Å². The average molecular weight is 264 g/mol. The molecule has 4 heteroatoms. The van der Waals surface area contributed by atoms with E-state index in [-0.39, 0.29) is 23.1 Å². The minimum absolute atomic E-state index is 0.0671. The zero-order valence-electron chi connectivity index (χ0n) is 11.9. The van der Waals surface area contributed by atoms with Gasteiger partial charge in [0, 0.05) is 11.6 Å². The van der Waals surface area contributed by atoms with Crippen LogP contribution in [0.3, 0.4) is 0 Å². The van der Waals surface area contributed by atoms with Gasteiger partial charge in [0.15, 0.2) is 0 Å². The van der Waals surface area contributed by atoms with Crippen molar-refractivity contribution >= 4 is 17.3 Å². The first kappa shape index (κ1) is 15.3. The fourth-order valence-corrected chi connectivity index (χ4v) is 1.80. The Labute approximate surface area is 113 Å². The van der Waals surface area contributed by atoms with Crippen molar-refractivity contribution in [1.29, 1.82) is 5.41 Å². The molecule has 0 heterocycles. The quantitative estimate of drug-likeness (QED) is 0.799. The summed E-state index contributed by atoms with van der Waals surface area (Å²) in [5, 5.41) is 10.3. The van der Waals surface area contributed by atoms with Gasteiger partial charge in [-0.25, -0.2) is 4.39 Å². The molecular formula is C15H21FN2O. The predicted octanol–water partition coefficient (Wildman–Crippen LogP) is 3.90. The highest BCUT2D eigenvalue weighted by Crippen LogP contribution is 2.31. The number of carbonyl (C=O) groups is 1. The summed E-state index contributed by atoms with van der Waals surface area (Å²) in [6.45, 7) is 7.28. The largest absolute Gasteiger partial charge is 0.325 e. The summed E-state index contributed by atoms with van der Waals surface area (Å²) in [6, 6.07) is 3.08. The Hall–Kier alpha value is -1.71. The third-order valence-corrected chi connectivity index (χ3v) is 2.82. The fraction of sp³-hybridized carbons (Fsp3) is 0.467. The molecule has 0 atom stereocenters. The molecule has 0 bridgehead atoms.